The van der Waals surface area contributed by atoms with Gasteiger partial charge in [-0.3, -0.25) is 9.69 Å². The number of carbonyl (C=O) groups is 1. The van der Waals surface area contributed by atoms with Gasteiger partial charge in [-0.25, -0.2) is 18.5 Å². The van der Waals surface area contributed by atoms with Crippen molar-refractivity contribution in [2.75, 3.05) is 17.3 Å². The van der Waals surface area contributed by atoms with Gasteiger partial charge in [0.25, 0.3) is 5.56 Å². The lowest BCUT2D eigenvalue weighted by atomic mass is 10.2. The maximum Gasteiger partial charge on any atom is 0.368 e. The third kappa shape index (κ3) is 5.30. The van der Waals surface area contributed by atoms with Gasteiger partial charge in [0.15, 0.2) is 0 Å². The lowest BCUT2D eigenvalue weighted by Gasteiger charge is -2.18. The molecule has 0 aliphatic carbocycles. The lowest BCUT2D eigenvalue weighted by molar-refractivity contribution is 0.256. The first-order valence-corrected chi connectivity index (χ1v) is 11.6. The number of nitrogens with zero attached hydrogens (tertiary/aromatic N) is 3. The van der Waals surface area contributed by atoms with E-state index in [4.69, 9.17) is 11.6 Å². The number of hydrogen-bond donors (Lipinski definition) is 2. The molecule has 0 bridgehead atoms. The minimum absolute atomic E-state index is 0. The summed E-state index contributed by atoms with van der Waals surface area (Å²) in [6.45, 7) is 0. The molecule has 0 fully saturated rings. The van der Waals surface area contributed by atoms with Crippen LogP contribution in [0.15, 0.2) is 62.5 Å². The van der Waals surface area contributed by atoms with E-state index in [1.54, 1.807) is 0 Å². The molecular formula is C20H15ClFMgN5O5S2. The summed E-state index contributed by atoms with van der Waals surface area (Å²) in [6.07, 6.45) is 0. The lowest BCUT2D eigenvalue weighted by Crippen LogP contribution is -2.33. The number of aromatic nitrogens is 2. The average Bonchev–Trinajstić information content (AvgIpc) is 3.20. The number of carbonyl (C=O) groups excluding carboxylic acids is 1. The van der Waals surface area contributed by atoms with E-state index in [9.17, 15) is 27.2 Å². The van der Waals surface area contributed by atoms with Crippen LogP contribution >= 0.6 is 22.9 Å². The SMILES string of the molecule is CNc1cc2[nH]c(=O)n(-c3ccc(N(C(=O)N=S(=O)=O)c4ccc(Cl)s4)cc3)c(=O)c2cc1F.[MgH2]. The molecule has 0 atom stereocenters. The van der Waals surface area contributed by atoms with Crippen LogP contribution < -0.4 is 21.5 Å². The molecule has 2 aromatic heterocycles. The number of hydrogen-bond acceptors (Lipinski definition) is 7. The Kier molecular flexibility index (Phi) is 8.12. The van der Waals surface area contributed by atoms with Gasteiger partial charge in [0, 0.05) is 7.05 Å². The van der Waals surface area contributed by atoms with Crippen molar-refractivity contribution >= 4 is 89.8 Å². The molecule has 0 aliphatic rings. The van der Waals surface area contributed by atoms with E-state index in [0.29, 0.717) is 9.34 Å². The fraction of sp³-hybridized carbons (Fsp3) is 0.0500. The van der Waals surface area contributed by atoms with Gasteiger partial charge in [0.2, 0.25) is 0 Å². The molecule has 15 heteroatoms. The molecule has 0 aliphatic heterocycles. The molecule has 4 rings (SSSR count). The minimum atomic E-state index is -2.99. The number of halogens is 2. The number of benzene rings is 2. The zero-order valence-corrected chi connectivity index (χ0v) is 19.5. The molecule has 2 heterocycles. The van der Waals surface area contributed by atoms with Crippen LogP contribution in [0, 0.1) is 5.82 Å². The maximum absolute atomic E-state index is 14.2. The summed E-state index contributed by atoms with van der Waals surface area (Å²) in [6, 6.07) is 9.83. The molecular weight excluding hydrogens is 533 g/mol. The Morgan fingerprint density at radius 1 is 1.17 bits per heavy atom. The van der Waals surface area contributed by atoms with E-state index < -0.39 is 33.6 Å². The highest BCUT2D eigenvalue weighted by Crippen LogP contribution is 2.35. The molecule has 10 nitrogen and oxygen atoms in total. The summed E-state index contributed by atoms with van der Waals surface area (Å²) in [5.41, 5.74) is -0.886. The van der Waals surface area contributed by atoms with Gasteiger partial charge in [0.1, 0.15) is 10.8 Å². The Bertz CT molecular complexity index is 1690. The van der Waals surface area contributed by atoms with Crippen molar-refractivity contribution in [1.29, 1.82) is 0 Å². The first kappa shape index (κ1) is 26.6. The van der Waals surface area contributed by atoms with Crippen LogP contribution in [0.3, 0.4) is 0 Å². The molecule has 0 unspecified atom stereocenters. The van der Waals surface area contributed by atoms with Crippen LogP contribution in [0.1, 0.15) is 0 Å². The Morgan fingerprint density at radius 2 is 1.86 bits per heavy atom. The molecule has 0 radical (unpaired) electrons. The van der Waals surface area contributed by atoms with E-state index in [1.807, 2.05) is 0 Å². The normalized spacial score (nSPS) is 10.5. The van der Waals surface area contributed by atoms with E-state index in [0.717, 1.165) is 26.9 Å². The number of rotatable bonds is 4. The Balaban J connectivity index is 0.00000342. The van der Waals surface area contributed by atoms with Gasteiger partial charge in [0.05, 0.1) is 32.3 Å². The van der Waals surface area contributed by atoms with Crippen LogP contribution in [0.4, 0.5) is 25.6 Å². The maximum atomic E-state index is 14.2. The molecule has 0 spiro atoms. The van der Waals surface area contributed by atoms with Crippen LogP contribution in [-0.2, 0) is 10.5 Å². The molecule has 178 valence electrons. The first-order valence-electron chi connectivity index (χ1n) is 9.37. The zero-order chi connectivity index (χ0) is 24.6. The van der Waals surface area contributed by atoms with Gasteiger partial charge in [-0.2, -0.15) is 8.42 Å². The van der Waals surface area contributed by atoms with Crippen LogP contribution in [0.5, 0.6) is 0 Å². The summed E-state index contributed by atoms with van der Waals surface area (Å²) < 4.78 is 40.2. The quantitative estimate of drug-likeness (QED) is 0.377. The minimum Gasteiger partial charge on any atom is -0.386 e. The fourth-order valence-corrected chi connectivity index (χ4v) is 4.53. The summed E-state index contributed by atoms with van der Waals surface area (Å²) in [7, 11) is -1.48. The van der Waals surface area contributed by atoms with Crippen molar-refractivity contribution in [1.82, 2.24) is 9.55 Å². The van der Waals surface area contributed by atoms with Crippen molar-refractivity contribution < 1.29 is 17.6 Å². The monoisotopic (exact) mass is 547 g/mol. The summed E-state index contributed by atoms with van der Waals surface area (Å²) in [5, 5.41) is 2.89. The average molecular weight is 548 g/mol. The molecule has 2 N–H and O–H groups in total. The predicted molar refractivity (Wildman–Crippen MR) is 136 cm³/mol. The predicted octanol–water partition coefficient (Wildman–Crippen LogP) is 2.98. The highest BCUT2D eigenvalue weighted by molar-refractivity contribution is 7.62. The molecule has 0 saturated carbocycles. The van der Waals surface area contributed by atoms with Crippen LogP contribution in [0.2, 0.25) is 4.34 Å². The number of nitrogens with one attached hydrogen (secondary N) is 2. The largest absolute Gasteiger partial charge is 0.386 e. The highest BCUT2D eigenvalue weighted by Gasteiger charge is 2.21. The molecule has 4 aromatic rings. The Labute approximate surface area is 222 Å². The number of aromatic amines is 1. The second kappa shape index (κ2) is 10.7. The summed E-state index contributed by atoms with van der Waals surface area (Å²) in [5.74, 6) is -0.663. The second-order valence-electron chi connectivity index (χ2n) is 6.72. The topological polar surface area (TPSA) is 134 Å². The smallest absolute Gasteiger partial charge is 0.368 e. The van der Waals surface area contributed by atoms with E-state index in [1.165, 1.54) is 49.5 Å². The molecule has 0 saturated heterocycles. The van der Waals surface area contributed by atoms with Gasteiger partial charge in [-0.15, -0.1) is 11.3 Å². The van der Waals surface area contributed by atoms with E-state index in [2.05, 4.69) is 14.7 Å². The highest BCUT2D eigenvalue weighted by atomic mass is 35.5. The standard InChI is InChI=1S/C20H13ClFN5O5S2.Mg.2H/c1-23-15-9-14-12(8-13(15)22)18(28)27(19(29)24-14)11-4-2-10(3-5-11)26(20(30)25-34(31)32)17-7-6-16(21)33-17;;;/h2-9,23H,1H3,(H,24,29);;;. The number of thiophene rings is 1. The second-order valence-corrected chi connectivity index (χ2v) is 9.03. The molecule has 35 heavy (non-hydrogen) atoms. The number of fused-ring (bicyclic) bond motifs is 1. The number of H-pyrrole nitrogens is 1. The van der Waals surface area contributed by atoms with Crippen molar-refractivity contribution in [2.24, 2.45) is 4.36 Å². The van der Waals surface area contributed by atoms with Gasteiger partial charge >= 0.3 is 45.3 Å². The van der Waals surface area contributed by atoms with E-state index in [-0.39, 0.29) is 51.0 Å². The van der Waals surface area contributed by atoms with Crippen molar-refractivity contribution in [3.8, 4) is 5.69 Å². The fourth-order valence-electron chi connectivity index (χ4n) is 3.28. The Hall–Kier alpha value is -3.04. The summed E-state index contributed by atoms with van der Waals surface area (Å²) >= 11 is 6.96. The van der Waals surface area contributed by atoms with Crippen LogP contribution in [-0.4, -0.2) is 54.1 Å². The zero-order valence-electron chi connectivity index (χ0n) is 17.1. The molecule has 2 aromatic carbocycles. The third-order valence-electron chi connectivity index (χ3n) is 4.74. The van der Waals surface area contributed by atoms with Gasteiger partial charge < -0.3 is 10.3 Å². The van der Waals surface area contributed by atoms with Gasteiger partial charge in [-0.1, -0.05) is 16.0 Å². The summed E-state index contributed by atoms with van der Waals surface area (Å²) in [4.78, 5) is 41.6. The Morgan fingerprint density at radius 3 is 2.43 bits per heavy atom. The van der Waals surface area contributed by atoms with Crippen molar-refractivity contribution in [2.45, 2.75) is 0 Å². The van der Waals surface area contributed by atoms with Crippen molar-refractivity contribution in [3.63, 3.8) is 0 Å². The first-order chi connectivity index (χ1) is 16.2. The third-order valence-corrected chi connectivity index (χ3v) is 6.27. The van der Waals surface area contributed by atoms with Crippen LogP contribution in [0.25, 0.3) is 16.6 Å². The number of urea groups is 1. The van der Waals surface area contributed by atoms with E-state index >= 15 is 0 Å². The molecule has 2 amide bonds. The van der Waals surface area contributed by atoms with Crippen molar-refractivity contribution in [3.05, 3.63) is 79.5 Å². The number of amides is 2. The number of anilines is 3. The van der Waals surface area contributed by atoms with Gasteiger partial charge in [-0.05, 0) is 48.5 Å².